The van der Waals surface area contributed by atoms with E-state index in [1.54, 1.807) is 0 Å². The normalized spacial score (nSPS) is 11.7. The highest BCUT2D eigenvalue weighted by atomic mass is 32.1. The number of rotatable bonds is 18. The molecular formula is C30H46S. The van der Waals surface area contributed by atoms with Crippen LogP contribution in [0, 0.1) is 0 Å². The number of benzene rings is 2. The lowest BCUT2D eigenvalue weighted by Gasteiger charge is -2.30. The van der Waals surface area contributed by atoms with Gasteiger partial charge in [-0.15, -0.1) is 0 Å². The Labute approximate surface area is 198 Å². The summed E-state index contributed by atoms with van der Waals surface area (Å²) in [4.78, 5) is 0. The van der Waals surface area contributed by atoms with E-state index in [4.69, 9.17) is 12.6 Å². The quantitative estimate of drug-likeness (QED) is 0.174. The molecule has 31 heavy (non-hydrogen) atoms. The molecule has 0 bridgehead atoms. The van der Waals surface area contributed by atoms with Crippen LogP contribution in [-0.2, 0) is 4.75 Å². The molecule has 2 aromatic carbocycles. The van der Waals surface area contributed by atoms with E-state index in [0.717, 1.165) is 6.42 Å². The van der Waals surface area contributed by atoms with Crippen LogP contribution >= 0.6 is 12.6 Å². The molecule has 0 saturated heterocycles. The van der Waals surface area contributed by atoms with Crippen LogP contribution in [0.5, 0.6) is 0 Å². The highest BCUT2D eigenvalue weighted by molar-refractivity contribution is 7.81. The fourth-order valence-electron chi connectivity index (χ4n) is 4.64. The summed E-state index contributed by atoms with van der Waals surface area (Å²) in [6.07, 6.45) is 22.2. The first-order valence-electron chi connectivity index (χ1n) is 13.1. The minimum absolute atomic E-state index is 0.181. The lowest BCUT2D eigenvalue weighted by Crippen LogP contribution is -2.20. The lowest BCUT2D eigenvalue weighted by molar-refractivity contribution is 0.520. The van der Waals surface area contributed by atoms with Crippen molar-refractivity contribution in [1.29, 1.82) is 0 Å². The van der Waals surface area contributed by atoms with Crippen LogP contribution < -0.4 is 0 Å². The maximum absolute atomic E-state index is 5.22. The summed E-state index contributed by atoms with van der Waals surface area (Å²) >= 11 is 5.22. The average molecular weight is 439 g/mol. The van der Waals surface area contributed by atoms with E-state index >= 15 is 0 Å². The van der Waals surface area contributed by atoms with Crippen molar-refractivity contribution in [3.8, 4) is 0 Å². The van der Waals surface area contributed by atoms with Gasteiger partial charge < -0.3 is 0 Å². The molecule has 0 atom stereocenters. The summed E-state index contributed by atoms with van der Waals surface area (Å²) in [6, 6.07) is 21.6. The third kappa shape index (κ3) is 10.3. The Bertz CT molecular complexity index is 609. The molecule has 0 N–H and O–H groups in total. The zero-order chi connectivity index (χ0) is 22.0. The first-order valence-corrected chi connectivity index (χ1v) is 13.6. The molecule has 0 fully saturated rings. The molecule has 2 rings (SSSR count). The van der Waals surface area contributed by atoms with Crippen LogP contribution in [0.2, 0.25) is 0 Å². The molecular weight excluding hydrogens is 392 g/mol. The molecule has 0 aliphatic rings. The summed E-state index contributed by atoms with van der Waals surface area (Å²) < 4.78 is -0.181. The maximum atomic E-state index is 5.22. The summed E-state index contributed by atoms with van der Waals surface area (Å²) in [5.74, 6) is 0. The first kappa shape index (κ1) is 26.0. The van der Waals surface area contributed by atoms with Crippen LogP contribution in [0.3, 0.4) is 0 Å². The number of hydrogen-bond donors (Lipinski definition) is 1. The molecule has 0 unspecified atom stereocenters. The van der Waals surface area contributed by atoms with E-state index in [1.807, 2.05) is 0 Å². The van der Waals surface area contributed by atoms with Gasteiger partial charge in [-0.2, -0.15) is 12.6 Å². The monoisotopic (exact) mass is 438 g/mol. The van der Waals surface area contributed by atoms with Gasteiger partial charge in [-0.1, -0.05) is 164 Å². The van der Waals surface area contributed by atoms with E-state index in [0.29, 0.717) is 0 Å². The van der Waals surface area contributed by atoms with Crippen molar-refractivity contribution < 1.29 is 0 Å². The Balaban J connectivity index is 1.56. The fraction of sp³-hybridized carbons (Fsp3) is 0.600. The summed E-state index contributed by atoms with van der Waals surface area (Å²) in [6.45, 7) is 2.29. The molecule has 2 aromatic rings. The van der Waals surface area contributed by atoms with Gasteiger partial charge in [-0.3, -0.25) is 0 Å². The van der Waals surface area contributed by atoms with Gasteiger partial charge in [0.25, 0.3) is 0 Å². The largest absolute Gasteiger partial charge is 0.163 e. The predicted octanol–water partition coefficient (Wildman–Crippen LogP) is 10.1. The van der Waals surface area contributed by atoms with E-state index in [1.165, 1.54) is 107 Å². The van der Waals surface area contributed by atoms with Gasteiger partial charge in [-0.25, -0.2) is 0 Å². The summed E-state index contributed by atoms with van der Waals surface area (Å²) in [5.41, 5.74) is 2.63. The predicted molar refractivity (Wildman–Crippen MR) is 142 cm³/mol. The highest BCUT2D eigenvalue weighted by Crippen LogP contribution is 2.40. The van der Waals surface area contributed by atoms with Crippen molar-refractivity contribution in [3.63, 3.8) is 0 Å². The number of hydrogen-bond acceptors (Lipinski definition) is 1. The zero-order valence-corrected chi connectivity index (χ0v) is 20.9. The number of unbranched alkanes of at least 4 members (excludes halogenated alkanes) is 14. The Morgan fingerprint density at radius 3 is 1.16 bits per heavy atom. The second-order valence-electron chi connectivity index (χ2n) is 9.29. The molecule has 0 aromatic heterocycles. The molecule has 0 radical (unpaired) electrons. The molecule has 172 valence electrons. The topological polar surface area (TPSA) is 0 Å². The molecule has 0 nitrogen and oxygen atoms in total. The Morgan fingerprint density at radius 1 is 0.484 bits per heavy atom. The highest BCUT2D eigenvalue weighted by Gasteiger charge is 2.29. The van der Waals surface area contributed by atoms with Gasteiger partial charge >= 0.3 is 0 Å². The molecule has 0 saturated carbocycles. The Kier molecular flexibility index (Phi) is 13.8. The lowest BCUT2D eigenvalue weighted by atomic mass is 9.85. The van der Waals surface area contributed by atoms with Gasteiger partial charge in [0.05, 0.1) is 4.75 Å². The Morgan fingerprint density at radius 2 is 0.806 bits per heavy atom. The SMILES string of the molecule is CCCCCCCCCCCCCCCCCC(S)(c1ccccc1)c1ccccc1. The van der Waals surface area contributed by atoms with Gasteiger partial charge in [-0.05, 0) is 17.5 Å². The molecule has 0 aliphatic heterocycles. The third-order valence-corrected chi connectivity index (χ3v) is 7.38. The van der Waals surface area contributed by atoms with Crippen molar-refractivity contribution in [2.45, 2.75) is 114 Å². The van der Waals surface area contributed by atoms with Crippen molar-refractivity contribution in [3.05, 3.63) is 71.8 Å². The van der Waals surface area contributed by atoms with Crippen LogP contribution in [0.1, 0.15) is 121 Å². The van der Waals surface area contributed by atoms with Gasteiger partial charge in [0.15, 0.2) is 0 Å². The molecule has 1 heteroatoms. The average Bonchev–Trinajstić information content (AvgIpc) is 2.82. The van der Waals surface area contributed by atoms with E-state index in [-0.39, 0.29) is 4.75 Å². The van der Waals surface area contributed by atoms with Crippen molar-refractivity contribution >= 4 is 12.6 Å². The summed E-state index contributed by atoms with van der Waals surface area (Å²) in [5, 5.41) is 0. The second-order valence-corrected chi connectivity index (χ2v) is 10.1. The smallest absolute Gasteiger partial charge is 0.0626 e. The summed E-state index contributed by atoms with van der Waals surface area (Å²) in [7, 11) is 0. The van der Waals surface area contributed by atoms with Crippen molar-refractivity contribution in [2.75, 3.05) is 0 Å². The van der Waals surface area contributed by atoms with Crippen LogP contribution in [-0.4, -0.2) is 0 Å². The zero-order valence-electron chi connectivity index (χ0n) is 20.0. The van der Waals surface area contributed by atoms with Crippen LogP contribution in [0.4, 0.5) is 0 Å². The third-order valence-electron chi connectivity index (χ3n) is 6.64. The van der Waals surface area contributed by atoms with Crippen molar-refractivity contribution in [2.24, 2.45) is 0 Å². The minimum atomic E-state index is -0.181. The molecule has 0 amide bonds. The molecule has 0 spiro atoms. The van der Waals surface area contributed by atoms with E-state index in [9.17, 15) is 0 Å². The van der Waals surface area contributed by atoms with Crippen LogP contribution in [0.25, 0.3) is 0 Å². The minimum Gasteiger partial charge on any atom is -0.163 e. The van der Waals surface area contributed by atoms with Crippen molar-refractivity contribution in [1.82, 2.24) is 0 Å². The Hall–Kier alpha value is -1.21. The van der Waals surface area contributed by atoms with Gasteiger partial charge in [0.2, 0.25) is 0 Å². The van der Waals surface area contributed by atoms with Gasteiger partial charge in [0, 0.05) is 0 Å². The fourth-order valence-corrected chi connectivity index (χ4v) is 5.09. The molecule has 0 heterocycles. The maximum Gasteiger partial charge on any atom is 0.0626 e. The van der Waals surface area contributed by atoms with E-state index in [2.05, 4.69) is 67.6 Å². The standard InChI is InChI=1S/C30H46S/c1-2-3-4-5-6-7-8-9-10-11-12-13-14-15-22-27-30(31,28-23-18-16-19-24-28)29-25-20-17-21-26-29/h16-21,23-26,31H,2-15,22,27H2,1H3. The second kappa shape index (κ2) is 16.4. The number of thiol groups is 1. The van der Waals surface area contributed by atoms with Gasteiger partial charge in [0.1, 0.15) is 0 Å². The van der Waals surface area contributed by atoms with E-state index < -0.39 is 0 Å². The first-order chi connectivity index (χ1) is 15.3. The van der Waals surface area contributed by atoms with Crippen LogP contribution in [0.15, 0.2) is 60.7 Å². The molecule has 0 aliphatic carbocycles.